The zero-order valence-electron chi connectivity index (χ0n) is 14.8. The van der Waals surface area contributed by atoms with Gasteiger partial charge in [-0.3, -0.25) is 9.55 Å². The summed E-state index contributed by atoms with van der Waals surface area (Å²) in [5, 5.41) is 0. The first-order valence-electron chi connectivity index (χ1n) is 8.19. The Morgan fingerprint density at radius 3 is 2.36 bits per heavy atom. The van der Waals surface area contributed by atoms with Gasteiger partial charge in [0.15, 0.2) is 5.44 Å². The highest BCUT2D eigenvalue weighted by molar-refractivity contribution is 7.58. The Hall–Kier alpha value is -2.07. The number of hydrogen-bond acceptors (Lipinski definition) is 5. The zero-order chi connectivity index (χ0) is 18.1. The van der Waals surface area contributed by atoms with Crippen LogP contribution in [0, 0.1) is 6.92 Å². The predicted octanol–water partition coefficient (Wildman–Crippen LogP) is 5.07. The summed E-state index contributed by atoms with van der Waals surface area (Å²) in [6.07, 6.45) is 6.71. The van der Waals surface area contributed by atoms with Gasteiger partial charge in [-0.25, -0.2) is 4.99 Å². The van der Waals surface area contributed by atoms with Crippen LogP contribution in [0.3, 0.4) is 0 Å². The molecule has 1 aromatic carbocycles. The van der Waals surface area contributed by atoms with Crippen molar-refractivity contribution in [2.24, 2.45) is 4.99 Å². The van der Waals surface area contributed by atoms with E-state index in [1.807, 2.05) is 43.3 Å². The smallest absolute Gasteiger partial charge is 0.304 e. The maximum Gasteiger partial charge on any atom is 0.379 e. The minimum absolute atomic E-state index is 0.268. The molecule has 2 rings (SSSR count). The molecule has 0 spiro atoms. The van der Waals surface area contributed by atoms with Gasteiger partial charge in [0.05, 0.1) is 13.2 Å². The molecule has 1 heterocycles. The second-order valence-corrected chi connectivity index (χ2v) is 7.26. The number of nitrogens with zero attached hydrogens (tertiary/aromatic N) is 2. The fourth-order valence-corrected chi connectivity index (χ4v) is 3.63. The Balaban J connectivity index is 2.44. The van der Waals surface area contributed by atoms with Crippen LogP contribution < -0.4 is 0 Å². The second kappa shape index (κ2) is 9.42. The molecular formula is C19H23N2O3P. The summed E-state index contributed by atoms with van der Waals surface area (Å²) in [4.78, 5) is 8.45. The first kappa shape index (κ1) is 19.3. The molecule has 2 aromatic rings. The van der Waals surface area contributed by atoms with Crippen molar-refractivity contribution in [2.75, 3.05) is 13.2 Å². The third-order valence-corrected chi connectivity index (χ3v) is 5.28. The lowest BCUT2D eigenvalue weighted by molar-refractivity contribution is 0.226. The molecule has 25 heavy (non-hydrogen) atoms. The summed E-state index contributed by atoms with van der Waals surface area (Å²) in [6, 6.07) is 11.5. The fraction of sp³-hybridized carbons (Fsp3) is 0.263. The summed E-state index contributed by atoms with van der Waals surface area (Å²) in [5.74, 6) is 0. The van der Waals surface area contributed by atoms with Crippen molar-refractivity contribution >= 4 is 19.9 Å². The van der Waals surface area contributed by atoms with Crippen LogP contribution in [0.4, 0.5) is 0 Å². The van der Waals surface area contributed by atoms with Gasteiger partial charge in [-0.15, -0.1) is 0 Å². The van der Waals surface area contributed by atoms with Crippen molar-refractivity contribution in [3.8, 4) is 0 Å². The van der Waals surface area contributed by atoms with Crippen molar-refractivity contribution in [1.82, 2.24) is 4.98 Å². The zero-order valence-corrected chi connectivity index (χ0v) is 15.6. The van der Waals surface area contributed by atoms with Crippen LogP contribution in [0.25, 0.3) is 6.08 Å². The average molecular weight is 358 g/mol. The largest absolute Gasteiger partial charge is 0.379 e. The highest BCUT2D eigenvalue weighted by Crippen LogP contribution is 2.57. The van der Waals surface area contributed by atoms with E-state index in [2.05, 4.69) is 9.98 Å². The molecule has 0 fully saturated rings. The minimum Gasteiger partial charge on any atom is -0.304 e. The van der Waals surface area contributed by atoms with Crippen LogP contribution in [0.15, 0.2) is 59.2 Å². The molecule has 0 amide bonds. The molecule has 6 heteroatoms. The van der Waals surface area contributed by atoms with Gasteiger partial charge < -0.3 is 9.05 Å². The normalized spacial score (nSPS) is 12.7. The number of aryl methyl sites for hydroxylation is 1. The standard InChI is InChI=1S/C19H23N2O3P/c1-4-23-25(22,24-5-2)19(13-17-10-8-16(3)9-11-17)21-15-18-7-6-12-20-14-18/h6-15H,4-5H2,1-3H3/b19-13-,21-15+. The van der Waals surface area contributed by atoms with Gasteiger partial charge in [-0.05, 0) is 38.5 Å². The van der Waals surface area contributed by atoms with Crippen molar-refractivity contribution in [1.29, 1.82) is 0 Å². The highest BCUT2D eigenvalue weighted by atomic mass is 31.2. The summed E-state index contributed by atoms with van der Waals surface area (Å²) < 4.78 is 24.1. The molecule has 0 aliphatic carbocycles. The van der Waals surface area contributed by atoms with Gasteiger partial charge >= 0.3 is 7.60 Å². The maximum absolute atomic E-state index is 13.2. The molecule has 0 N–H and O–H groups in total. The molecule has 0 atom stereocenters. The lowest BCUT2D eigenvalue weighted by Gasteiger charge is -2.17. The lowest BCUT2D eigenvalue weighted by Crippen LogP contribution is -1.98. The van der Waals surface area contributed by atoms with Crippen LogP contribution >= 0.6 is 7.60 Å². The molecule has 5 nitrogen and oxygen atoms in total. The third kappa shape index (κ3) is 5.75. The first-order valence-corrected chi connectivity index (χ1v) is 9.74. The van der Waals surface area contributed by atoms with E-state index < -0.39 is 7.60 Å². The Kier molecular flexibility index (Phi) is 7.26. The van der Waals surface area contributed by atoms with Crippen LogP contribution in [0.2, 0.25) is 0 Å². The Labute approximate surface area is 149 Å². The Morgan fingerprint density at radius 2 is 1.80 bits per heavy atom. The van der Waals surface area contributed by atoms with Crippen LogP contribution in [-0.2, 0) is 13.6 Å². The predicted molar refractivity (Wildman–Crippen MR) is 102 cm³/mol. The van der Waals surface area contributed by atoms with E-state index >= 15 is 0 Å². The molecule has 1 aromatic heterocycles. The molecule has 0 radical (unpaired) electrons. The SMILES string of the molecule is CCOP(=O)(OCC)C(=C\c1ccc(C)cc1)/N=C/c1cccnc1. The Morgan fingerprint density at radius 1 is 1.12 bits per heavy atom. The molecule has 132 valence electrons. The average Bonchev–Trinajstić information content (AvgIpc) is 2.61. The van der Waals surface area contributed by atoms with Crippen molar-refractivity contribution in [3.05, 3.63) is 70.9 Å². The fourth-order valence-electron chi connectivity index (χ4n) is 2.10. The molecule has 0 aliphatic rings. The van der Waals surface area contributed by atoms with E-state index in [1.165, 1.54) is 0 Å². The van der Waals surface area contributed by atoms with Crippen molar-refractivity contribution < 1.29 is 13.6 Å². The number of aliphatic imine (C=N–C) groups is 1. The van der Waals surface area contributed by atoms with Gasteiger partial charge in [0.2, 0.25) is 0 Å². The van der Waals surface area contributed by atoms with Gasteiger partial charge in [0, 0.05) is 24.2 Å². The molecule has 0 saturated carbocycles. The number of pyridine rings is 1. The topological polar surface area (TPSA) is 60.8 Å². The van der Waals surface area contributed by atoms with E-state index in [1.54, 1.807) is 38.5 Å². The molecule has 0 aliphatic heterocycles. The van der Waals surface area contributed by atoms with Gasteiger partial charge in [0.1, 0.15) is 0 Å². The van der Waals surface area contributed by atoms with E-state index in [9.17, 15) is 4.57 Å². The van der Waals surface area contributed by atoms with E-state index in [4.69, 9.17) is 9.05 Å². The maximum atomic E-state index is 13.2. The molecular weight excluding hydrogens is 335 g/mol. The number of benzene rings is 1. The van der Waals surface area contributed by atoms with Crippen LogP contribution in [0.5, 0.6) is 0 Å². The van der Waals surface area contributed by atoms with Crippen molar-refractivity contribution in [2.45, 2.75) is 20.8 Å². The minimum atomic E-state index is -3.50. The lowest BCUT2D eigenvalue weighted by atomic mass is 10.1. The summed E-state index contributed by atoms with van der Waals surface area (Å²) in [5.41, 5.74) is 3.10. The monoisotopic (exact) mass is 358 g/mol. The summed E-state index contributed by atoms with van der Waals surface area (Å²) in [6.45, 7) is 6.11. The van der Waals surface area contributed by atoms with Gasteiger partial charge in [-0.1, -0.05) is 35.9 Å². The number of rotatable bonds is 8. The van der Waals surface area contributed by atoms with E-state index in [0.717, 1.165) is 16.7 Å². The molecule has 0 saturated heterocycles. The van der Waals surface area contributed by atoms with Crippen molar-refractivity contribution in [3.63, 3.8) is 0 Å². The molecule has 0 bridgehead atoms. The van der Waals surface area contributed by atoms with E-state index in [-0.39, 0.29) is 18.7 Å². The quantitative estimate of drug-likeness (QED) is 0.488. The molecule has 0 unspecified atom stereocenters. The summed E-state index contributed by atoms with van der Waals surface area (Å²) >= 11 is 0. The van der Waals surface area contributed by atoms with Crippen LogP contribution in [-0.4, -0.2) is 24.4 Å². The van der Waals surface area contributed by atoms with E-state index in [0.29, 0.717) is 0 Å². The summed E-state index contributed by atoms with van der Waals surface area (Å²) in [7, 11) is -3.50. The third-order valence-electron chi connectivity index (χ3n) is 3.28. The highest BCUT2D eigenvalue weighted by Gasteiger charge is 2.29. The number of aromatic nitrogens is 1. The van der Waals surface area contributed by atoms with Crippen LogP contribution in [0.1, 0.15) is 30.5 Å². The number of hydrogen-bond donors (Lipinski definition) is 0. The first-order chi connectivity index (χ1) is 12.1. The Bertz CT molecular complexity index is 761. The van der Waals surface area contributed by atoms with Gasteiger partial charge in [0.25, 0.3) is 0 Å². The van der Waals surface area contributed by atoms with Gasteiger partial charge in [-0.2, -0.15) is 0 Å². The second-order valence-electron chi connectivity index (χ2n) is 5.29.